The van der Waals surface area contributed by atoms with Crippen molar-refractivity contribution >= 4 is 11.9 Å². The van der Waals surface area contributed by atoms with Crippen LogP contribution in [0.15, 0.2) is 25.3 Å². The average molecular weight is 258 g/mol. The lowest BCUT2D eigenvalue weighted by molar-refractivity contribution is -0.171. The van der Waals surface area contributed by atoms with E-state index < -0.39 is 18.2 Å². The van der Waals surface area contributed by atoms with E-state index in [0.717, 1.165) is 12.2 Å². The zero-order chi connectivity index (χ0) is 13.8. The summed E-state index contributed by atoms with van der Waals surface area (Å²) in [5.74, 6) is -1.03. The van der Waals surface area contributed by atoms with Gasteiger partial charge in [0.2, 0.25) is 6.29 Å². The number of hydrogen-bond donors (Lipinski definition) is 0. The predicted molar refractivity (Wildman–Crippen MR) is 63.7 cm³/mol. The van der Waals surface area contributed by atoms with Crippen LogP contribution in [0.25, 0.3) is 0 Å². The maximum absolute atomic E-state index is 10.8. The van der Waals surface area contributed by atoms with Crippen molar-refractivity contribution in [3.8, 4) is 0 Å². The van der Waals surface area contributed by atoms with Crippen LogP contribution >= 0.6 is 0 Å². The third-order valence-electron chi connectivity index (χ3n) is 1.67. The van der Waals surface area contributed by atoms with Gasteiger partial charge in [0.1, 0.15) is 6.61 Å². The van der Waals surface area contributed by atoms with Crippen LogP contribution in [0.1, 0.15) is 6.92 Å². The number of esters is 2. The van der Waals surface area contributed by atoms with Gasteiger partial charge in [-0.15, -0.1) is 0 Å². The first-order valence-electron chi connectivity index (χ1n) is 5.41. The average Bonchev–Trinajstić information content (AvgIpc) is 2.36. The first-order chi connectivity index (χ1) is 8.60. The molecule has 0 fully saturated rings. The summed E-state index contributed by atoms with van der Waals surface area (Å²) in [5.41, 5.74) is 0. The molecular formula is C12H18O6. The van der Waals surface area contributed by atoms with Gasteiger partial charge in [-0.2, -0.15) is 0 Å². The van der Waals surface area contributed by atoms with E-state index in [2.05, 4.69) is 17.9 Å². The Morgan fingerprint density at radius 2 is 1.67 bits per heavy atom. The van der Waals surface area contributed by atoms with E-state index in [0.29, 0.717) is 6.61 Å². The molecule has 0 aliphatic heterocycles. The molecule has 102 valence electrons. The molecular weight excluding hydrogens is 240 g/mol. The van der Waals surface area contributed by atoms with E-state index in [1.165, 1.54) is 0 Å². The molecule has 0 aliphatic rings. The maximum Gasteiger partial charge on any atom is 0.332 e. The Hall–Kier alpha value is -1.66. The molecule has 0 N–H and O–H groups in total. The summed E-state index contributed by atoms with van der Waals surface area (Å²) in [4.78, 5) is 21.4. The molecule has 0 spiro atoms. The van der Waals surface area contributed by atoms with Gasteiger partial charge < -0.3 is 18.9 Å². The fraction of sp³-hybridized carbons (Fsp3) is 0.500. The van der Waals surface area contributed by atoms with Crippen molar-refractivity contribution in [2.75, 3.05) is 26.4 Å². The molecule has 0 bridgehead atoms. The van der Waals surface area contributed by atoms with Crippen molar-refractivity contribution in [2.24, 2.45) is 0 Å². The monoisotopic (exact) mass is 258 g/mol. The minimum absolute atomic E-state index is 0.159. The molecule has 0 aromatic carbocycles. The van der Waals surface area contributed by atoms with Crippen molar-refractivity contribution < 1.29 is 28.5 Å². The van der Waals surface area contributed by atoms with E-state index >= 15 is 0 Å². The van der Waals surface area contributed by atoms with E-state index in [-0.39, 0.29) is 19.8 Å². The van der Waals surface area contributed by atoms with Crippen LogP contribution < -0.4 is 0 Å². The highest BCUT2D eigenvalue weighted by Gasteiger charge is 2.05. The van der Waals surface area contributed by atoms with Crippen molar-refractivity contribution in [3.63, 3.8) is 0 Å². The summed E-state index contributed by atoms with van der Waals surface area (Å²) in [5, 5.41) is 0. The van der Waals surface area contributed by atoms with Gasteiger partial charge >= 0.3 is 11.9 Å². The van der Waals surface area contributed by atoms with E-state index in [4.69, 9.17) is 14.2 Å². The molecule has 1 atom stereocenters. The molecule has 18 heavy (non-hydrogen) atoms. The largest absolute Gasteiger partial charge is 0.460 e. The molecule has 6 nitrogen and oxygen atoms in total. The number of hydrogen-bond acceptors (Lipinski definition) is 6. The minimum Gasteiger partial charge on any atom is -0.460 e. The van der Waals surface area contributed by atoms with Gasteiger partial charge in [-0.05, 0) is 6.92 Å². The Labute approximate surface area is 106 Å². The van der Waals surface area contributed by atoms with Gasteiger partial charge in [0.05, 0.1) is 19.8 Å². The zero-order valence-corrected chi connectivity index (χ0v) is 10.4. The molecule has 0 saturated carbocycles. The molecule has 1 unspecified atom stereocenters. The highest BCUT2D eigenvalue weighted by Crippen LogP contribution is 1.94. The van der Waals surface area contributed by atoms with Gasteiger partial charge in [0.15, 0.2) is 0 Å². The summed E-state index contributed by atoms with van der Waals surface area (Å²) >= 11 is 0. The Morgan fingerprint density at radius 3 is 2.28 bits per heavy atom. The van der Waals surface area contributed by atoms with Crippen molar-refractivity contribution in [3.05, 3.63) is 25.3 Å². The van der Waals surface area contributed by atoms with Crippen LogP contribution in [0.2, 0.25) is 0 Å². The maximum atomic E-state index is 10.8. The molecule has 6 heteroatoms. The van der Waals surface area contributed by atoms with Crippen molar-refractivity contribution in [1.82, 2.24) is 0 Å². The van der Waals surface area contributed by atoms with Gasteiger partial charge in [0, 0.05) is 12.2 Å². The van der Waals surface area contributed by atoms with Gasteiger partial charge in [0.25, 0.3) is 0 Å². The number of carbonyl (C=O) groups is 2. The quantitative estimate of drug-likeness (QED) is 0.250. The van der Waals surface area contributed by atoms with Crippen LogP contribution in [-0.2, 0) is 28.5 Å². The highest BCUT2D eigenvalue weighted by atomic mass is 16.7. The molecule has 0 amide bonds. The molecule has 0 heterocycles. The predicted octanol–water partition coefficient (Wildman–Crippen LogP) is 0.824. The second-order valence-corrected chi connectivity index (χ2v) is 3.06. The molecule has 0 radical (unpaired) electrons. The zero-order valence-electron chi connectivity index (χ0n) is 10.4. The number of ether oxygens (including phenoxy) is 4. The standard InChI is InChI=1S/C12H18O6/c1-4-11(13)17-9-7-15-6-8-16-10(3)18-12(14)5-2/h4-5,10H,1-2,6-9H2,3H3. The number of rotatable bonds is 10. The molecule has 0 aromatic heterocycles. The Morgan fingerprint density at radius 1 is 1.06 bits per heavy atom. The van der Waals surface area contributed by atoms with Crippen LogP contribution in [-0.4, -0.2) is 44.7 Å². The Bertz CT molecular complexity index is 286. The van der Waals surface area contributed by atoms with E-state index in [1.54, 1.807) is 6.92 Å². The summed E-state index contributed by atoms with van der Waals surface area (Å²) in [6.45, 7) is 9.11. The normalized spacial score (nSPS) is 11.4. The first kappa shape index (κ1) is 16.3. The van der Waals surface area contributed by atoms with Crippen LogP contribution in [0.5, 0.6) is 0 Å². The van der Waals surface area contributed by atoms with Crippen LogP contribution in [0, 0.1) is 0 Å². The molecule has 0 rings (SSSR count). The molecule has 0 aromatic rings. The van der Waals surface area contributed by atoms with Gasteiger partial charge in [-0.1, -0.05) is 13.2 Å². The summed E-state index contributed by atoms with van der Waals surface area (Å²) in [7, 11) is 0. The topological polar surface area (TPSA) is 71.1 Å². The van der Waals surface area contributed by atoms with Gasteiger partial charge in [-0.3, -0.25) is 0 Å². The minimum atomic E-state index is -0.655. The molecule has 0 aliphatic carbocycles. The summed E-state index contributed by atoms with van der Waals surface area (Å²) in [6, 6.07) is 0. The summed E-state index contributed by atoms with van der Waals surface area (Å²) < 4.78 is 19.7. The number of carbonyl (C=O) groups excluding carboxylic acids is 2. The SMILES string of the molecule is C=CC(=O)OCCOCCOC(C)OC(=O)C=C. The second kappa shape index (κ2) is 10.5. The van der Waals surface area contributed by atoms with E-state index in [1.807, 2.05) is 0 Å². The second-order valence-electron chi connectivity index (χ2n) is 3.06. The molecule has 0 saturated heterocycles. The van der Waals surface area contributed by atoms with Crippen molar-refractivity contribution in [1.29, 1.82) is 0 Å². The fourth-order valence-corrected chi connectivity index (χ4v) is 0.881. The van der Waals surface area contributed by atoms with Crippen LogP contribution in [0.4, 0.5) is 0 Å². The lowest BCUT2D eigenvalue weighted by atomic mass is 10.6. The fourth-order valence-electron chi connectivity index (χ4n) is 0.881. The Kier molecular flexibility index (Phi) is 9.52. The lowest BCUT2D eigenvalue weighted by Crippen LogP contribution is -2.19. The van der Waals surface area contributed by atoms with E-state index in [9.17, 15) is 9.59 Å². The third-order valence-corrected chi connectivity index (χ3v) is 1.67. The Balaban J connectivity index is 3.34. The van der Waals surface area contributed by atoms with Crippen LogP contribution in [0.3, 0.4) is 0 Å². The third kappa shape index (κ3) is 9.56. The van der Waals surface area contributed by atoms with Crippen molar-refractivity contribution in [2.45, 2.75) is 13.2 Å². The lowest BCUT2D eigenvalue weighted by Gasteiger charge is -2.12. The smallest absolute Gasteiger partial charge is 0.332 e. The first-order valence-corrected chi connectivity index (χ1v) is 5.41. The highest BCUT2D eigenvalue weighted by molar-refractivity contribution is 5.81. The van der Waals surface area contributed by atoms with Gasteiger partial charge in [-0.25, -0.2) is 9.59 Å². The summed E-state index contributed by atoms with van der Waals surface area (Å²) in [6.07, 6.45) is 1.49.